The predicted octanol–water partition coefficient (Wildman–Crippen LogP) is 2.02. The van der Waals surface area contributed by atoms with Crippen molar-refractivity contribution in [3.05, 3.63) is 39.9 Å². The van der Waals surface area contributed by atoms with E-state index >= 15 is 0 Å². The number of rotatable bonds is 4. The fraction of sp³-hybridized carbons (Fsp3) is 0.273. The minimum absolute atomic E-state index is 0.0440. The van der Waals surface area contributed by atoms with Crippen LogP contribution in [0.15, 0.2) is 27.4 Å². The lowest BCUT2D eigenvalue weighted by molar-refractivity contribution is 0.0954. The SMILES string of the molecule is Cc1cc(CCNC(=O)c2ccsc2)on1. The van der Waals surface area contributed by atoms with Gasteiger partial charge in [-0.25, -0.2) is 0 Å². The van der Waals surface area contributed by atoms with Crippen LogP contribution in [0.2, 0.25) is 0 Å². The Morgan fingerprint density at radius 2 is 2.50 bits per heavy atom. The molecule has 0 fully saturated rings. The van der Waals surface area contributed by atoms with Crippen LogP contribution in [-0.4, -0.2) is 17.6 Å². The van der Waals surface area contributed by atoms with Gasteiger partial charge in [-0.15, -0.1) is 0 Å². The molecular formula is C11H12N2O2S. The lowest BCUT2D eigenvalue weighted by Crippen LogP contribution is -2.25. The van der Waals surface area contributed by atoms with Crippen molar-refractivity contribution in [2.75, 3.05) is 6.54 Å². The molecule has 2 heterocycles. The van der Waals surface area contributed by atoms with Crippen LogP contribution in [0, 0.1) is 6.92 Å². The second-order valence-electron chi connectivity index (χ2n) is 3.45. The number of hydrogen-bond donors (Lipinski definition) is 1. The van der Waals surface area contributed by atoms with Crippen LogP contribution in [0.3, 0.4) is 0 Å². The van der Waals surface area contributed by atoms with Crippen molar-refractivity contribution in [2.45, 2.75) is 13.3 Å². The third kappa shape index (κ3) is 2.70. The van der Waals surface area contributed by atoms with Crippen LogP contribution in [0.4, 0.5) is 0 Å². The molecule has 5 heteroatoms. The number of carbonyl (C=O) groups excluding carboxylic acids is 1. The Morgan fingerprint density at radius 1 is 1.62 bits per heavy atom. The highest BCUT2D eigenvalue weighted by atomic mass is 32.1. The van der Waals surface area contributed by atoms with Crippen molar-refractivity contribution < 1.29 is 9.32 Å². The van der Waals surface area contributed by atoms with Gasteiger partial charge < -0.3 is 9.84 Å². The number of aryl methyl sites for hydroxylation is 1. The minimum Gasteiger partial charge on any atom is -0.361 e. The van der Waals surface area contributed by atoms with E-state index in [4.69, 9.17) is 4.52 Å². The molecule has 0 aromatic carbocycles. The van der Waals surface area contributed by atoms with Gasteiger partial charge in [0, 0.05) is 30.0 Å². The van der Waals surface area contributed by atoms with Crippen molar-refractivity contribution in [1.29, 1.82) is 0 Å². The molecule has 0 bridgehead atoms. The Bertz CT molecular complexity index is 462. The van der Waals surface area contributed by atoms with Gasteiger partial charge in [0.05, 0.1) is 5.69 Å². The number of carbonyl (C=O) groups is 1. The van der Waals surface area contributed by atoms with E-state index in [0.717, 1.165) is 11.5 Å². The molecule has 16 heavy (non-hydrogen) atoms. The van der Waals surface area contributed by atoms with Crippen molar-refractivity contribution in [2.24, 2.45) is 0 Å². The van der Waals surface area contributed by atoms with E-state index in [2.05, 4.69) is 10.5 Å². The normalized spacial score (nSPS) is 10.3. The Kier molecular flexibility index (Phi) is 3.36. The molecule has 0 saturated heterocycles. The topological polar surface area (TPSA) is 55.1 Å². The third-order valence-electron chi connectivity index (χ3n) is 2.12. The molecule has 84 valence electrons. The summed E-state index contributed by atoms with van der Waals surface area (Å²) in [4.78, 5) is 11.6. The van der Waals surface area contributed by atoms with E-state index < -0.39 is 0 Å². The van der Waals surface area contributed by atoms with E-state index in [1.54, 1.807) is 6.07 Å². The molecule has 0 radical (unpaired) electrons. The van der Waals surface area contributed by atoms with Gasteiger partial charge in [0.25, 0.3) is 5.91 Å². The van der Waals surface area contributed by atoms with Crippen LogP contribution >= 0.6 is 11.3 Å². The van der Waals surface area contributed by atoms with E-state index in [0.29, 0.717) is 18.5 Å². The first-order chi connectivity index (χ1) is 7.75. The monoisotopic (exact) mass is 236 g/mol. The number of thiophene rings is 1. The molecule has 1 N–H and O–H groups in total. The Morgan fingerprint density at radius 3 is 3.12 bits per heavy atom. The highest BCUT2D eigenvalue weighted by molar-refractivity contribution is 7.08. The zero-order valence-electron chi connectivity index (χ0n) is 8.90. The standard InChI is InChI=1S/C11H12N2O2S/c1-8-6-10(15-13-8)2-4-12-11(14)9-3-5-16-7-9/h3,5-7H,2,4H2,1H3,(H,12,14). The highest BCUT2D eigenvalue weighted by Crippen LogP contribution is 2.06. The first-order valence-corrected chi connectivity index (χ1v) is 5.92. The van der Waals surface area contributed by atoms with E-state index in [1.165, 1.54) is 11.3 Å². The van der Waals surface area contributed by atoms with E-state index in [-0.39, 0.29) is 5.91 Å². The average Bonchev–Trinajstić information content (AvgIpc) is 2.89. The van der Waals surface area contributed by atoms with E-state index in [1.807, 2.05) is 23.8 Å². The maximum absolute atomic E-state index is 11.6. The minimum atomic E-state index is -0.0440. The molecule has 0 aliphatic rings. The number of nitrogens with zero attached hydrogens (tertiary/aromatic N) is 1. The van der Waals surface area contributed by atoms with Crippen LogP contribution < -0.4 is 5.32 Å². The molecule has 0 saturated carbocycles. The summed E-state index contributed by atoms with van der Waals surface area (Å²) < 4.78 is 5.04. The summed E-state index contributed by atoms with van der Waals surface area (Å²) in [6, 6.07) is 3.68. The number of nitrogens with one attached hydrogen (secondary N) is 1. The molecule has 0 aliphatic carbocycles. The fourth-order valence-electron chi connectivity index (χ4n) is 1.33. The van der Waals surface area contributed by atoms with Gasteiger partial charge in [0.2, 0.25) is 0 Å². The molecular weight excluding hydrogens is 224 g/mol. The largest absolute Gasteiger partial charge is 0.361 e. The van der Waals surface area contributed by atoms with Crippen LogP contribution in [0.25, 0.3) is 0 Å². The molecule has 0 atom stereocenters. The summed E-state index contributed by atoms with van der Waals surface area (Å²) in [5.74, 6) is 0.751. The van der Waals surface area contributed by atoms with Gasteiger partial charge in [0.15, 0.2) is 0 Å². The lowest BCUT2D eigenvalue weighted by Gasteiger charge is -2.00. The maximum Gasteiger partial charge on any atom is 0.252 e. The first-order valence-electron chi connectivity index (χ1n) is 4.98. The van der Waals surface area contributed by atoms with Gasteiger partial charge >= 0.3 is 0 Å². The molecule has 0 aliphatic heterocycles. The maximum atomic E-state index is 11.6. The van der Waals surface area contributed by atoms with Crippen molar-refractivity contribution in [3.63, 3.8) is 0 Å². The second-order valence-corrected chi connectivity index (χ2v) is 4.23. The zero-order valence-corrected chi connectivity index (χ0v) is 9.71. The van der Waals surface area contributed by atoms with Gasteiger partial charge in [-0.3, -0.25) is 4.79 Å². The zero-order chi connectivity index (χ0) is 11.4. The van der Waals surface area contributed by atoms with Crippen LogP contribution in [-0.2, 0) is 6.42 Å². The summed E-state index contributed by atoms with van der Waals surface area (Å²) >= 11 is 1.51. The number of amides is 1. The van der Waals surface area contributed by atoms with Crippen LogP contribution in [0.5, 0.6) is 0 Å². The molecule has 1 amide bonds. The molecule has 0 unspecified atom stereocenters. The average molecular weight is 236 g/mol. The smallest absolute Gasteiger partial charge is 0.252 e. The highest BCUT2D eigenvalue weighted by Gasteiger charge is 2.05. The van der Waals surface area contributed by atoms with Gasteiger partial charge in [-0.05, 0) is 18.4 Å². The Hall–Kier alpha value is -1.62. The van der Waals surface area contributed by atoms with Crippen molar-refractivity contribution in [1.82, 2.24) is 10.5 Å². The summed E-state index contributed by atoms with van der Waals surface area (Å²) in [6.45, 7) is 2.43. The quantitative estimate of drug-likeness (QED) is 0.883. The Labute approximate surface area is 97.3 Å². The van der Waals surface area contributed by atoms with Gasteiger partial charge in [0.1, 0.15) is 5.76 Å². The molecule has 0 spiro atoms. The van der Waals surface area contributed by atoms with Crippen LogP contribution in [0.1, 0.15) is 21.8 Å². The van der Waals surface area contributed by atoms with Crippen molar-refractivity contribution >= 4 is 17.2 Å². The van der Waals surface area contributed by atoms with Gasteiger partial charge in [-0.1, -0.05) is 5.16 Å². The summed E-state index contributed by atoms with van der Waals surface area (Å²) in [5.41, 5.74) is 1.57. The summed E-state index contributed by atoms with van der Waals surface area (Å²) in [6.07, 6.45) is 0.663. The summed E-state index contributed by atoms with van der Waals surface area (Å²) in [7, 11) is 0. The predicted molar refractivity (Wildman–Crippen MR) is 61.6 cm³/mol. The summed E-state index contributed by atoms with van der Waals surface area (Å²) in [5, 5.41) is 10.3. The lowest BCUT2D eigenvalue weighted by atomic mass is 10.3. The van der Waals surface area contributed by atoms with E-state index in [9.17, 15) is 4.79 Å². The fourth-order valence-corrected chi connectivity index (χ4v) is 1.97. The molecule has 2 aromatic heterocycles. The van der Waals surface area contributed by atoms with Gasteiger partial charge in [-0.2, -0.15) is 11.3 Å². The van der Waals surface area contributed by atoms with Crippen molar-refractivity contribution in [3.8, 4) is 0 Å². The Balaban J connectivity index is 1.78. The first kappa shape index (κ1) is 10.9. The molecule has 2 aromatic rings. The molecule has 2 rings (SSSR count). The second kappa shape index (κ2) is 4.94. The third-order valence-corrected chi connectivity index (χ3v) is 2.80. The molecule has 4 nitrogen and oxygen atoms in total. The number of aromatic nitrogens is 1. The number of hydrogen-bond acceptors (Lipinski definition) is 4.